The maximum absolute atomic E-state index is 5.70. The lowest BCUT2D eigenvalue weighted by molar-refractivity contribution is 0.0892. The van der Waals surface area contributed by atoms with E-state index >= 15 is 0 Å². The van der Waals surface area contributed by atoms with Gasteiger partial charge in [0.15, 0.2) is 0 Å². The zero-order valence-electron chi connectivity index (χ0n) is 11.6. The Bertz CT molecular complexity index is 515. The fourth-order valence-electron chi connectivity index (χ4n) is 1.94. The molecule has 0 atom stereocenters. The fourth-order valence-corrected chi connectivity index (χ4v) is 1.94. The average Bonchev–Trinajstić information content (AvgIpc) is 2.42. The van der Waals surface area contributed by atoms with Gasteiger partial charge >= 0.3 is 0 Å². The molecule has 0 aliphatic heterocycles. The van der Waals surface area contributed by atoms with Crippen LogP contribution in [0.25, 0.3) is 0 Å². The van der Waals surface area contributed by atoms with Crippen molar-refractivity contribution in [3.63, 3.8) is 0 Å². The number of hydrogen-bond acceptors (Lipinski definition) is 2. The van der Waals surface area contributed by atoms with Gasteiger partial charge in [-0.3, -0.25) is 0 Å². The Hall–Kier alpha value is -1.67. The topological polar surface area (TPSA) is 18.5 Å². The Morgan fingerprint density at radius 2 is 1.68 bits per heavy atom. The first-order valence-corrected chi connectivity index (χ1v) is 6.57. The van der Waals surface area contributed by atoms with Crippen LogP contribution in [0.5, 0.6) is 5.75 Å². The second-order valence-electron chi connectivity index (χ2n) is 4.66. The van der Waals surface area contributed by atoms with Gasteiger partial charge in [-0.2, -0.15) is 0 Å². The Morgan fingerprint density at radius 3 is 2.42 bits per heavy atom. The van der Waals surface area contributed by atoms with E-state index in [0.717, 1.165) is 5.75 Å². The van der Waals surface area contributed by atoms with Crippen LogP contribution in [0.4, 0.5) is 0 Å². The largest absolute Gasteiger partial charge is 0.492 e. The van der Waals surface area contributed by atoms with Crippen LogP contribution in [-0.2, 0) is 11.3 Å². The summed E-state index contributed by atoms with van der Waals surface area (Å²) in [4.78, 5) is 0. The van der Waals surface area contributed by atoms with E-state index in [2.05, 4.69) is 40.0 Å². The van der Waals surface area contributed by atoms with E-state index in [1.165, 1.54) is 16.5 Å². The molecule has 2 aromatic carbocycles. The van der Waals surface area contributed by atoms with Crippen LogP contribution in [0.3, 0.4) is 0 Å². The molecule has 0 spiro atoms. The zero-order valence-corrected chi connectivity index (χ0v) is 11.6. The Kier molecular flexibility index (Phi) is 5.10. The van der Waals surface area contributed by atoms with Gasteiger partial charge in [-0.25, -0.2) is 0 Å². The second-order valence-corrected chi connectivity index (χ2v) is 4.66. The molecule has 96 valence electrons. The van der Waals surface area contributed by atoms with E-state index in [-0.39, 0.29) is 0 Å². The van der Waals surface area contributed by atoms with Crippen molar-refractivity contribution < 1.29 is 9.47 Å². The monoisotopic (exact) mass is 252 g/mol. The molecule has 0 saturated carbocycles. The molecule has 0 amide bonds. The summed E-state index contributed by atoms with van der Waals surface area (Å²) in [6.07, 6.45) is 0. The summed E-state index contributed by atoms with van der Waals surface area (Å²) in [5, 5.41) is 0. The van der Waals surface area contributed by atoms with Crippen molar-refractivity contribution in [2.75, 3.05) is 13.2 Å². The Balaban J connectivity index is 1.69. The van der Waals surface area contributed by atoms with E-state index in [1.54, 1.807) is 0 Å². The van der Waals surface area contributed by atoms with E-state index in [1.807, 2.05) is 24.3 Å². The van der Waals surface area contributed by atoms with Crippen LogP contribution in [0.15, 0.2) is 48.5 Å². The minimum absolute atomic E-state index is 0.580. The Labute approximate surface area is 116 Å². The third-order valence-corrected chi connectivity index (χ3v) is 2.93. The number of ether oxygens (including phenoxy) is 2. The van der Waals surface area contributed by atoms with Crippen LogP contribution in [0.1, 0.15) is 5.56 Å². The number of benzene rings is 2. The van der Waals surface area contributed by atoms with Crippen molar-refractivity contribution >= 4 is 26.6 Å². The van der Waals surface area contributed by atoms with Crippen LogP contribution < -0.4 is 15.7 Å². The van der Waals surface area contributed by atoms with Gasteiger partial charge in [0.2, 0.25) is 0 Å². The lowest BCUT2D eigenvalue weighted by Gasteiger charge is -2.10. The smallest absolute Gasteiger partial charge is 0.144 e. The summed E-state index contributed by atoms with van der Waals surface area (Å²) in [6.45, 7) is 1.82. The Morgan fingerprint density at radius 1 is 0.895 bits per heavy atom. The minimum atomic E-state index is 0.580. The van der Waals surface area contributed by atoms with Crippen LogP contribution in [0.2, 0.25) is 0 Å². The maximum Gasteiger partial charge on any atom is 0.144 e. The van der Waals surface area contributed by atoms with Gasteiger partial charge in [0.25, 0.3) is 0 Å². The molecule has 0 aromatic heterocycles. The van der Waals surface area contributed by atoms with Crippen LogP contribution >= 0.6 is 0 Å². The van der Waals surface area contributed by atoms with Gasteiger partial charge in [0.1, 0.15) is 28.0 Å². The summed E-state index contributed by atoms with van der Waals surface area (Å²) in [5.41, 5.74) is 3.61. The summed E-state index contributed by atoms with van der Waals surface area (Å²) in [5.74, 6) is 0.939. The summed E-state index contributed by atoms with van der Waals surface area (Å²) in [7, 11) is 4.15. The average molecular weight is 252 g/mol. The molecule has 0 radical (unpaired) electrons. The molecule has 0 unspecified atom stereocenters. The molecule has 0 aliphatic rings. The van der Waals surface area contributed by atoms with Gasteiger partial charge < -0.3 is 9.47 Å². The molecular weight excluding hydrogens is 234 g/mol. The summed E-state index contributed by atoms with van der Waals surface area (Å²) < 4.78 is 11.3. The molecule has 0 saturated heterocycles. The standard InChI is InChI=1S/C15H18B2O2/c16-13-6-7-15(14(17)10-13)19-9-8-18-11-12-4-2-1-3-5-12/h1-7,10H,8-9,11,16-17H2. The molecule has 2 rings (SSSR count). The lowest BCUT2D eigenvalue weighted by atomic mass is 9.87. The molecular formula is C15H18B2O2. The molecule has 0 heterocycles. The highest BCUT2D eigenvalue weighted by Gasteiger charge is 1.99. The third kappa shape index (κ3) is 4.49. The molecule has 0 aliphatic carbocycles. The van der Waals surface area contributed by atoms with E-state index < -0.39 is 0 Å². The van der Waals surface area contributed by atoms with E-state index in [9.17, 15) is 0 Å². The molecule has 2 aromatic rings. The van der Waals surface area contributed by atoms with Crippen LogP contribution in [-0.4, -0.2) is 28.9 Å². The quantitative estimate of drug-likeness (QED) is 0.523. The van der Waals surface area contributed by atoms with Crippen molar-refractivity contribution in [3.05, 3.63) is 54.1 Å². The molecule has 2 nitrogen and oxygen atoms in total. The van der Waals surface area contributed by atoms with Crippen molar-refractivity contribution in [1.82, 2.24) is 0 Å². The van der Waals surface area contributed by atoms with Crippen LogP contribution in [0, 0.1) is 0 Å². The zero-order chi connectivity index (χ0) is 13.5. The molecule has 0 N–H and O–H groups in total. The molecule has 19 heavy (non-hydrogen) atoms. The SMILES string of the molecule is Bc1ccc(OCCOCc2ccccc2)c(B)c1. The van der Waals surface area contributed by atoms with Gasteiger partial charge in [0.05, 0.1) is 13.2 Å². The van der Waals surface area contributed by atoms with Crippen molar-refractivity contribution in [2.45, 2.75) is 6.61 Å². The predicted molar refractivity (Wildman–Crippen MR) is 84.4 cm³/mol. The van der Waals surface area contributed by atoms with E-state index in [4.69, 9.17) is 9.47 Å². The third-order valence-electron chi connectivity index (χ3n) is 2.93. The fraction of sp³-hybridized carbons (Fsp3) is 0.200. The van der Waals surface area contributed by atoms with Crippen molar-refractivity contribution in [2.24, 2.45) is 0 Å². The maximum atomic E-state index is 5.70. The predicted octanol–water partition coefficient (Wildman–Crippen LogP) is -0.201. The van der Waals surface area contributed by atoms with Gasteiger partial charge in [0, 0.05) is 0 Å². The molecule has 4 heteroatoms. The van der Waals surface area contributed by atoms with Gasteiger partial charge in [-0.1, -0.05) is 47.9 Å². The lowest BCUT2D eigenvalue weighted by Crippen LogP contribution is -2.18. The normalized spacial score (nSPS) is 10.3. The van der Waals surface area contributed by atoms with Gasteiger partial charge in [-0.15, -0.1) is 0 Å². The second kappa shape index (κ2) is 7.05. The van der Waals surface area contributed by atoms with E-state index in [0.29, 0.717) is 19.8 Å². The first-order valence-electron chi connectivity index (χ1n) is 6.57. The van der Waals surface area contributed by atoms with Crippen molar-refractivity contribution in [3.8, 4) is 5.75 Å². The number of rotatable bonds is 6. The summed E-state index contributed by atoms with van der Waals surface area (Å²) >= 11 is 0. The highest BCUT2D eigenvalue weighted by Crippen LogP contribution is 2.04. The first-order chi connectivity index (χ1) is 9.25. The molecule has 0 fully saturated rings. The highest BCUT2D eigenvalue weighted by molar-refractivity contribution is 6.39. The molecule has 0 bridgehead atoms. The summed E-state index contributed by atoms with van der Waals surface area (Å²) in [6, 6.07) is 16.4. The minimum Gasteiger partial charge on any atom is -0.492 e. The van der Waals surface area contributed by atoms with Gasteiger partial charge in [-0.05, 0) is 17.1 Å². The first kappa shape index (κ1) is 13.8. The highest BCUT2D eigenvalue weighted by atomic mass is 16.5. The number of hydrogen-bond donors (Lipinski definition) is 0. The van der Waals surface area contributed by atoms with Crippen molar-refractivity contribution in [1.29, 1.82) is 0 Å².